The lowest BCUT2D eigenvalue weighted by Crippen LogP contribution is -2.29. The maximum Gasteiger partial charge on any atom is 0.261 e. The van der Waals surface area contributed by atoms with Crippen LogP contribution in [0.5, 0.6) is 0 Å². The fourth-order valence-electron chi connectivity index (χ4n) is 1.91. The van der Waals surface area contributed by atoms with Crippen LogP contribution in [0.25, 0.3) is 0 Å². The Hall–Kier alpha value is -2.17. The minimum absolute atomic E-state index is 0.126. The lowest BCUT2D eigenvalue weighted by atomic mass is 10.1. The molecular formula is C15H20N2O3. The largest absolute Gasteiger partial charge is 0.326 e. The van der Waals surface area contributed by atoms with Gasteiger partial charge < -0.3 is 5.32 Å². The van der Waals surface area contributed by atoms with Crippen LogP contribution in [-0.4, -0.2) is 29.2 Å². The molecule has 2 rings (SSSR count). The van der Waals surface area contributed by atoms with Crippen LogP contribution >= 0.6 is 0 Å². The second-order valence-corrected chi connectivity index (χ2v) is 4.02. The molecule has 0 bridgehead atoms. The van der Waals surface area contributed by atoms with Crippen LogP contribution in [0.3, 0.4) is 0 Å². The third-order valence-corrected chi connectivity index (χ3v) is 2.89. The van der Waals surface area contributed by atoms with E-state index in [1.807, 2.05) is 13.8 Å². The Morgan fingerprint density at radius 3 is 2.25 bits per heavy atom. The highest BCUT2D eigenvalue weighted by molar-refractivity contribution is 6.21. The van der Waals surface area contributed by atoms with Crippen molar-refractivity contribution in [2.75, 3.05) is 11.9 Å². The molecule has 1 aromatic carbocycles. The smallest absolute Gasteiger partial charge is 0.261 e. The fourth-order valence-corrected chi connectivity index (χ4v) is 1.91. The predicted octanol–water partition coefficient (Wildman–Crippen LogP) is 2.68. The first-order chi connectivity index (χ1) is 9.58. The van der Waals surface area contributed by atoms with E-state index in [4.69, 9.17) is 0 Å². The molecular weight excluding hydrogens is 256 g/mol. The van der Waals surface area contributed by atoms with Crippen molar-refractivity contribution < 1.29 is 14.4 Å². The number of carbonyl (C=O) groups is 3. The summed E-state index contributed by atoms with van der Waals surface area (Å²) in [6.45, 7) is 7.85. The molecule has 3 amide bonds. The number of imide groups is 1. The first-order valence-electron chi connectivity index (χ1n) is 6.88. The zero-order chi connectivity index (χ0) is 15.3. The van der Waals surface area contributed by atoms with E-state index in [0.29, 0.717) is 29.8 Å². The number of rotatable bonds is 3. The summed E-state index contributed by atoms with van der Waals surface area (Å²) in [6, 6.07) is 4.77. The van der Waals surface area contributed by atoms with E-state index in [9.17, 15) is 14.4 Å². The number of nitrogens with one attached hydrogen (secondary N) is 1. The van der Waals surface area contributed by atoms with Crippen molar-refractivity contribution in [3.05, 3.63) is 29.3 Å². The van der Waals surface area contributed by atoms with Gasteiger partial charge in [-0.2, -0.15) is 0 Å². The maximum atomic E-state index is 11.9. The first-order valence-corrected chi connectivity index (χ1v) is 6.88. The Balaban J connectivity index is 0.000000956. The van der Waals surface area contributed by atoms with E-state index in [-0.39, 0.29) is 17.7 Å². The molecule has 0 unspecified atom stereocenters. The van der Waals surface area contributed by atoms with Crippen molar-refractivity contribution in [3.8, 4) is 0 Å². The normalized spacial score (nSPS) is 12.7. The highest BCUT2D eigenvalue weighted by atomic mass is 16.2. The van der Waals surface area contributed by atoms with Gasteiger partial charge in [0, 0.05) is 18.7 Å². The fraction of sp³-hybridized carbons (Fsp3) is 0.400. The Labute approximate surface area is 119 Å². The van der Waals surface area contributed by atoms with Crippen molar-refractivity contribution in [1.29, 1.82) is 0 Å². The first kappa shape index (κ1) is 15.9. The van der Waals surface area contributed by atoms with Crippen LogP contribution in [0.1, 0.15) is 54.8 Å². The van der Waals surface area contributed by atoms with Crippen LogP contribution in [0.4, 0.5) is 5.69 Å². The summed E-state index contributed by atoms with van der Waals surface area (Å²) in [5.74, 6) is -0.699. The van der Waals surface area contributed by atoms with Gasteiger partial charge in [-0.05, 0) is 25.1 Å². The van der Waals surface area contributed by atoms with Gasteiger partial charge in [0.2, 0.25) is 5.91 Å². The maximum absolute atomic E-state index is 11.9. The minimum atomic E-state index is -0.301. The minimum Gasteiger partial charge on any atom is -0.326 e. The quantitative estimate of drug-likeness (QED) is 0.863. The molecule has 0 saturated heterocycles. The number of nitrogens with zero attached hydrogens (tertiary/aromatic N) is 1. The molecule has 1 aliphatic rings. The van der Waals surface area contributed by atoms with Gasteiger partial charge in [0.1, 0.15) is 0 Å². The van der Waals surface area contributed by atoms with Gasteiger partial charge in [-0.3, -0.25) is 19.3 Å². The SMILES string of the molecule is CC.CCC(=O)Nc1ccc2c(c1)C(=O)N(CC)C2=O. The molecule has 0 saturated carbocycles. The van der Waals surface area contributed by atoms with E-state index in [1.54, 1.807) is 32.0 Å². The summed E-state index contributed by atoms with van der Waals surface area (Å²) in [4.78, 5) is 36.2. The molecule has 0 atom stereocenters. The van der Waals surface area contributed by atoms with Gasteiger partial charge in [-0.1, -0.05) is 20.8 Å². The summed E-state index contributed by atoms with van der Waals surface area (Å²) in [6.07, 6.45) is 0.366. The number of hydrogen-bond donors (Lipinski definition) is 1. The van der Waals surface area contributed by atoms with E-state index < -0.39 is 0 Å². The number of hydrogen-bond acceptors (Lipinski definition) is 3. The average molecular weight is 276 g/mol. The second-order valence-electron chi connectivity index (χ2n) is 4.02. The third-order valence-electron chi connectivity index (χ3n) is 2.89. The molecule has 0 aromatic heterocycles. The number of carbonyl (C=O) groups excluding carboxylic acids is 3. The zero-order valence-electron chi connectivity index (χ0n) is 12.3. The van der Waals surface area contributed by atoms with Crippen molar-refractivity contribution in [3.63, 3.8) is 0 Å². The van der Waals surface area contributed by atoms with Crippen LogP contribution in [0, 0.1) is 0 Å². The molecule has 1 aliphatic heterocycles. The summed E-state index contributed by atoms with van der Waals surface area (Å²) >= 11 is 0. The van der Waals surface area contributed by atoms with Crippen molar-refractivity contribution in [1.82, 2.24) is 4.90 Å². The lowest BCUT2D eigenvalue weighted by Gasteiger charge is -2.08. The van der Waals surface area contributed by atoms with Gasteiger partial charge in [-0.25, -0.2) is 0 Å². The molecule has 20 heavy (non-hydrogen) atoms. The molecule has 1 heterocycles. The predicted molar refractivity (Wildman–Crippen MR) is 77.8 cm³/mol. The Kier molecular flexibility index (Phi) is 5.43. The Morgan fingerprint density at radius 2 is 1.70 bits per heavy atom. The van der Waals surface area contributed by atoms with Gasteiger partial charge >= 0.3 is 0 Å². The number of benzene rings is 1. The molecule has 5 nitrogen and oxygen atoms in total. The van der Waals surface area contributed by atoms with Gasteiger partial charge in [0.15, 0.2) is 0 Å². The number of amides is 3. The van der Waals surface area contributed by atoms with E-state index in [0.717, 1.165) is 0 Å². The van der Waals surface area contributed by atoms with Crippen LogP contribution < -0.4 is 5.32 Å². The Bertz CT molecular complexity index is 538. The van der Waals surface area contributed by atoms with E-state index >= 15 is 0 Å². The highest BCUT2D eigenvalue weighted by Gasteiger charge is 2.34. The molecule has 1 N–H and O–H groups in total. The van der Waals surface area contributed by atoms with Crippen molar-refractivity contribution >= 4 is 23.4 Å². The van der Waals surface area contributed by atoms with Crippen LogP contribution in [0.15, 0.2) is 18.2 Å². The summed E-state index contributed by atoms with van der Waals surface area (Å²) in [5, 5.41) is 2.67. The third kappa shape index (κ3) is 2.87. The molecule has 1 aromatic rings. The topological polar surface area (TPSA) is 66.5 Å². The summed E-state index contributed by atoms with van der Waals surface area (Å²) < 4.78 is 0. The average Bonchev–Trinajstić information content (AvgIpc) is 2.72. The summed E-state index contributed by atoms with van der Waals surface area (Å²) in [7, 11) is 0. The van der Waals surface area contributed by atoms with Crippen molar-refractivity contribution in [2.45, 2.75) is 34.1 Å². The monoisotopic (exact) mass is 276 g/mol. The molecule has 0 fully saturated rings. The number of fused-ring (bicyclic) bond motifs is 1. The highest BCUT2D eigenvalue weighted by Crippen LogP contribution is 2.25. The molecule has 5 heteroatoms. The van der Waals surface area contributed by atoms with E-state index in [2.05, 4.69) is 5.32 Å². The summed E-state index contributed by atoms with van der Waals surface area (Å²) in [5.41, 5.74) is 1.30. The van der Waals surface area contributed by atoms with Gasteiger partial charge in [0.25, 0.3) is 11.8 Å². The van der Waals surface area contributed by atoms with Crippen molar-refractivity contribution in [2.24, 2.45) is 0 Å². The number of anilines is 1. The van der Waals surface area contributed by atoms with E-state index in [1.165, 1.54) is 4.90 Å². The molecule has 0 radical (unpaired) electrons. The van der Waals surface area contributed by atoms with Gasteiger partial charge in [-0.15, -0.1) is 0 Å². The van der Waals surface area contributed by atoms with Gasteiger partial charge in [0.05, 0.1) is 11.1 Å². The Morgan fingerprint density at radius 1 is 1.10 bits per heavy atom. The molecule has 108 valence electrons. The standard InChI is InChI=1S/C13H14N2O3.C2H6/c1-3-11(16)14-8-5-6-9-10(7-8)13(18)15(4-2)12(9)17;1-2/h5-7H,3-4H2,1-2H3,(H,14,16);1-2H3. The molecule has 0 aliphatic carbocycles. The lowest BCUT2D eigenvalue weighted by molar-refractivity contribution is -0.115. The second kappa shape index (κ2) is 6.84. The zero-order valence-corrected chi connectivity index (χ0v) is 12.3. The van der Waals surface area contributed by atoms with Crippen LogP contribution in [0.2, 0.25) is 0 Å². The molecule has 0 spiro atoms. The van der Waals surface area contributed by atoms with Crippen LogP contribution in [-0.2, 0) is 4.79 Å².